The molecule has 0 bridgehead atoms. The van der Waals surface area contributed by atoms with Crippen molar-refractivity contribution in [2.24, 2.45) is 5.92 Å². The smallest absolute Gasteiger partial charge is 0.174 e. The number of Topliss-reactive ketones (excluding diaryl/α,β-unsaturated/α-hetero) is 1. The lowest BCUT2D eigenvalue weighted by Gasteiger charge is -2.05. The van der Waals surface area contributed by atoms with Gasteiger partial charge in [-0.3, -0.25) is 4.79 Å². The Bertz CT molecular complexity index is 342. The maximum absolute atomic E-state index is 11.0. The number of carbonyl (C=O) groups excluding carboxylic acids is 1. The van der Waals surface area contributed by atoms with Crippen molar-refractivity contribution in [2.45, 2.75) is 13.3 Å². The molecule has 1 aromatic rings. The summed E-state index contributed by atoms with van der Waals surface area (Å²) in [5.74, 6) is -0.327. The first-order chi connectivity index (χ1) is 6.13. The normalized spacial score (nSPS) is 12.8. The average Bonchev–Trinajstić information content (AvgIpc) is 2.49. The van der Waals surface area contributed by atoms with Crippen LogP contribution in [0.5, 0.6) is 0 Å². The molecular formula is C8H12N2O2S. The van der Waals surface area contributed by atoms with Crippen LogP contribution in [0.1, 0.15) is 12.6 Å². The number of H-pyrrole nitrogens is 2. The van der Waals surface area contributed by atoms with Gasteiger partial charge in [-0.15, -0.1) is 0 Å². The summed E-state index contributed by atoms with van der Waals surface area (Å²) in [5.41, 5.74) is 0.888. The van der Waals surface area contributed by atoms with Gasteiger partial charge in [0.2, 0.25) is 0 Å². The predicted octanol–water partition coefficient (Wildman–Crippen LogP) is 0.812. The van der Waals surface area contributed by atoms with Crippen LogP contribution in [0.25, 0.3) is 0 Å². The molecule has 1 atom stereocenters. The minimum atomic E-state index is -0.397. The Balaban J connectivity index is 2.59. The van der Waals surface area contributed by atoms with Gasteiger partial charge in [0.1, 0.15) is 6.61 Å². The highest BCUT2D eigenvalue weighted by Gasteiger charge is 2.12. The predicted molar refractivity (Wildman–Crippen MR) is 50.9 cm³/mol. The third kappa shape index (κ3) is 2.78. The Labute approximate surface area is 81.0 Å². The lowest BCUT2D eigenvalue weighted by molar-refractivity contribution is -0.125. The maximum atomic E-state index is 11.0. The van der Waals surface area contributed by atoms with E-state index >= 15 is 0 Å². The summed E-state index contributed by atoms with van der Waals surface area (Å²) < 4.78 is 0.554. The topological polar surface area (TPSA) is 68.9 Å². The van der Waals surface area contributed by atoms with E-state index in [1.54, 1.807) is 13.1 Å². The Morgan fingerprint density at radius 1 is 1.77 bits per heavy atom. The van der Waals surface area contributed by atoms with E-state index in [4.69, 9.17) is 17.3 Å². The summed E-state index contributed by atoms with van der Waals surface area (Å²) in [4.78, 5) is 16.8. The van der Waals surface area contributed by atoms with E-state index in [0.29, 0.717) is 11.2 Å². The summed E-state index contributed by atoms with van der Waals surface area (Å²) in [6.07, 6.45) is 2.32. The van der Waals surface area contributed by atoms with Gasteiger partial charge in [-0.2, -0.15) is 0 Å². The van der Waals surface area contributed by atoms with E-state index < -0.39 is 6.61 Å². The Kier molecular flexibility index (Phi) is 3.39. The fraction of sp³-hybridized carbons (Fsp3) is 0.500. The van der Waals surface area contributed by atoms with Gasteiger partial charge < -0.3 is 15.1 Å². The number of rotatable bonds is 4. The molecule has 0 saturated heterocycles. The molecule has 1 rings (SSSR count). The molecule has 0 fully saturated rings. The van der Waals surface area contributed by atoms with E-state index in [0.717, 1.165) is 5.69 Å². The molecule has 72 valence electrons. The molecule has 3 N–H and O–H groups in total. The molecule has 0 amide bonds. The Morgan fingerprint density at radius 3 is 2.92 bits per heavy atom. The van der Waals surface area contributed by atoms with E-state index in [1.165, 1.54) is 0 Å². The van der Waals surface area contributed by atoms with Crippen molar-refractivity contribution in [1.29, 1.82) is 0 Å². The second kappa shape index (κ2) is 4.34. The summed E-state index contributed by atoms with van der Waals surface area (Å²) in [5, 5.41) is 8.60. The minimum Gasteiger partial charge on any atom is -0.389 e. The highest BCUT2D eigenvalue weighted by atomic mass is 32.1. The highest BCUT2D eigenvalue weighted by molar-refractivity contribution is 7.71. The van der Waals surface area contributed by atoms with Crippen molar-refractivity contribution in [2.75, 3.05) is 6.61 Å². The number of aliphatic hydroxyl groups excluding tert-OH is 1. The van der Waals surface area contributed by atoms with Gasteiger partial charge in [0.25, 0.3) is 0 Å². The van der Waals surface area contributed by atoms with Crippen molar-refractivity contribution < 1.29 is 9.90 Å². The summed E-state index contributed by atoms with van der Waals surface area (Å²) >= 11 is 4.83. The molecule has 0 aliphatic heterocycles. The van der Waals surface area contributed by atoms with Crippen LogP contribution in [0.2, 0.25) is 0 Å². The molecule has 1 aromatic heterocycles. The number of aromatic amines is 2. The monoisotopic (exact) mass is 200 g/mol. The van der Waals surface area contributed by atoms with E-state index in [-0.39, 0.29) is 11.7 Å². The number of aromatic nitrogens is 2. The minimum absolute atomic E-state index is 0.152. The molecular weight excluding hydrogens is 188 g/mol. The first-order valence-corrected chi connectivity index (χ1v) is 4.44. The number of nitrogens with one attached hydrogen (secondary N) is 2. The van der Waals surface area contributed by atoms with Crippen molar-refractivity contribution in [3.05, 3.63) is 16.7 Å². The fourth-order valence-corrected chi connectivity index (χ4v) is 1.27. The van der Waals surface area contributed by atoms with Crippen molar-refractivity contribution in [3.63, 3.8) is 0 Å². The van der Waals surface area contributed by atoms with Crippen LogP contribution < -0.4 is 0 Å². The van der Waals surface area contributed by atoms with E-state index in [2.05, 4.69) is 9.97 Å². The van der Waals surface area contributed by atoms with Gasteiger partial charge in [-0.05, 0) is 18.6 Å². The number of carbonyl (C=O) groups is 1. The number of aliphatic hydroxyl groups is 1. The summed E-state index contributed by atoms with van der Waals surface area (Å²) in [6.45, 7) is 1.38. The second-order valence-electron chi connectivity index (χ2n) is 3.00. The first-order valence-electron chi connectivity index (χ1n) is 4.03. The van der Waals surface area contributed by atoms with Crippen molar-refractivity contribution in [1.82, 2.24) is 9.97 Å². The molecule has 0 radical (unpaired) electrons. The van der Waals surface area contributed by atoms with Gasteiger partial charge >= 0.3 is 0 Å². The molecule has 0 spiro atoms. The van der Waals surface area contributed by atoms with Gasteiger partial charge in [0, 0.05) is 17.8 Å². The fourth-order valence-electron chi connectivity index (χ4n) is 1.08. The standard InChI is InChI=1S/C8H12N2O2S/c1-5(7(12)4-11)2-6-3-9-8(13)10-6/h3,5,11H,2,4H2,1H3,(H2,9,10,13)/t5-/m0/s1. The lowest BCUT2D eigenvalue weighted by Crippen LogP contribution is -2.17. The molecule has 5 heteroatoms. The number of ketones is 1. The molecule has 0 aliphatic rings. The van der Waals surface area contributed by atoms with Crippen LogP contribution in [0.15, 0.2) is 6.20 Å². The zero-order valence-electron chi connectivity index (χ0n) is 7.33. The first kappa shape index (κ1) is 10.1. The zero-order valence-corrected chi connectivity index (χ0v) is 8.15. The molecule has 13 heavy (non-hydrogen) atoms. The maximum Gasteiger partial charge on any atom is 0.174 e. The van der Waals surface area contributed by atoms with E-state index in [1.807, 2.05) is 0 Å². The lowest BCUT2D eigenvalue weighted by atomic mass is 10.0. The molecule has 0 aliphatic carbocycles. The molecule has 4 nitrogen and oxygen atoms in total. The second-order valence-corrected chi connectivity index (χ2v) is 3.41. The Hall–Kier alpha value is -0.940. The largest absolute Gasteiger partial charge is 0.389 e. The van der Waals surface area contributed by atoms with Gasteiger partial charge in [-0.25, -0.2) is 0 Å². The van der Waals surface area contributed by atoms with Gasteiger partial charge in [-0.1, -0.05) is 6.92 Å². The van der Waals surface area contributed by atoms with Gasteiger partial charge in [0.15, 0.2) is 10.6 Å². The average molecular weight is 200 g/mol. The van der Waals surface area contributed by atoms with Crippen LogP contribution >= 0.6 is 12.2 Å². The molecule has 0 saturated carbocycles. The van der Waals surface area contributed by atoms with Crippen LogP contribution in [0.3, 0.4) is 0 Å². The quantitative estimate of drug-likeness (QED) is 0.630. The third-order valence-corrected chi connectivity index (χ3v) is 2.10. The zero-order chi connectivity index (χ0) is 9.84. The number of hydrogen-bond donors (Lipinski definition) is 3. The van der Waals surface area contributed by atoms with Gasteiger partial charge in [0.05, 0.1) is 0 Å². The van der Waals surface area contributed by atoms with Crippen LogP contribution in [-0.4, -0.2) is 27.5 Å². The Morgan fingerprint density at radius 2 is 2.46 bits per heavy atom. The molecule has 0 aromatic carbocycles. The number of hydrogen-bond acceptors (Lipinski definition) is 3. The van der Waals surface area contributed by atoms with Crippen molar-refractivity contribution >= 4 is 18.0 Å². The highest BCUT2D eigenvalue weighted by Crippen LogP contribution is 2.06. The van der Waals surface area contributed by atoms with Crippen molar-refractivity contribution in [3.8, 4) is 0 Å². The number of imidazole rings is 1. The summed E-state index contributed by atoms with van der Waals surface area (Å²) in [6, 6.07) is 0. The van der Waals surface area contributed by atoms with Crippen LogP contribution in [-0.2, 0) is 11.2 Å². The molecule has 1 heterocycles. The summed E-state index contributed by atoms with van der Waals surface area (Å²) in [7, 11) is 0. The SMILES string of the molecule is C[C@@H](Cc1c[nH]c(=S)[nH]1)C(=O)CO. The van der Waals surface area contributed by atoms with Crippen LogP contribution in [0.4, 0.5) is 0 Å². The van der Waals surface area contributed by atoms with E-state index in [9.17, 15) is 4.79 Å². The molecule has 0 unspecified atom stereocenters. The third-order valence-electron chi connectivity index (χ3n) is 1.88. The van der Waals surface area contributed by atoms with Crippen LogP contribution in [0, 0.1) is 10.7 Å².